The highest BCUT2D eigenvalue weighted by molar-refractivity contribution is 6.01. The molecule has 172 valence electrons. The van der Waals surface area contributed by atoms with Gasteiger partial charge in [0.1, 0.15) is 18.1 Å². The Bertz CT molecular complexity index is 1220. The van der Waals surface area contributed by atoms with Crippen LogP contribution in [0.1, 0.15) is 40.0 Å². The Hall–Kier alpha value is -3.59. The summed E-state index contributed by atoms with van der Waals surface area (Å²) in [6.45, 7) is 3.36. The van der Waals surface area contributed by atoms with E-state index in [-0.39, 0.29) is 23.1 Å². The maximum Gasteiger partial charge on any atom is 0.258 e. The molecule has 1 saturated heterocycles. The topological polar surface area (TPSA) is 111 Å². The van der Waals surface area contributed by atoms with Crippen molar-refractivity contribution in [3.8, 4) is 11.5 Å². The molecule has 0 bridgehead atoms. The van der Waals surface area contributed by atoms with Crippen LogP contribution in [0.5, 0.6) is 11.5 Å². The lowest BCUT2D eigenvalue weighted by Crippen LogP contribution is -2.25. The number of ether oxygens (including phenoxy) is 1. The summed E-state index contributed by atoms with van der Waals surface area (Å²) in [5, 5.41) is 21.6. The molecule has 3 heterocycles. The molecule has 2 amide bonds. The van der Waals surface area contributed by atoms with Gasteiger partial charge in [0, 0.05) is 44.1 Å². The molecule has 2 aliphatic heterocycles. The molecule has 0 saturated carbocycles. The van der Waals surface area contributed by atoms with E-state index in [1.807, 2.05) is 25.2 Å². The highest BCUT2D eigenvalue weighted by Gasteiger charge is 2.28. The molecular weight excluding hydrogens is 422 g/mol. The summed E-state index contributed by atoms with van der Waals surface area (Å²) in [4.78, 5) is 28.8. The molecule has 0 spiro atoms. The third kappa shape index (κ3) is 4.11. The van der Waals surface area contributed by atoms with Gasteiger partial charge in [-0.3, -0.25) is 14.7 Å². The van der Waals surface area contributed by atoms with E-state index in [4.69, 9.17) is 4.74 Å². The lowest BCUT2D eigenvalue weighted by atomic mass is 10.1. The van der Waals surface area contributed by atoms with E-state index in [0.717, 1.165) is 35.2 Å². The molecule has 2 aromatic carbocycles. The van der Waals surface area contributed by atoms with Crippen LogP contribution in [-0.2, 0) is 24.4 Å². The van der Waals surface area contributed by atoms with Crippen molar-refractivity contribution in [3.63, 3.8) is 0 Å². The fourth-order valence-electron chi connectivity index (χ4n) is 4.50. The normalized spacial score (nSPS) is 15.5. The zero-order valence-corrected chi connectivity index (χ0v) is 18.6. The maximum atomic E-state index is 13.3. The van der Waals surface area contributed by atoms with Crippen LogP contribution in [-0.4, -0.2) is 63.7 Å². The predicted octanol–water partition coefficient (Wildman–Crippen LogP) is 2.15. The minimum atomic E-state index is -0.243. The number of carbonyl (C=O) groups is 2. The third-order valence-electron chi connectivity index (χ3n) is 6.31. The molecule has 3 N–H and O–H groups in total. The molecule has 33 heavy (non-hydrogen) atoms. The van der Waals surface area contributed by atoms with E-state index in [1.54, 1.807) is 15.9 Å². The Kier molecular flexibility index (Phi) is 5.63. The monoisotopic (exact) mass is 449 g/mol. The lowest BCUT2D eigenvalue weighted by molar-refractivity contribution is -0.128. The molecule has 0 aliphatic carbocycles. The number of aromatic nitrogens is 2. The quantitative estimate of drug-likeness (QED) is 0.477. The largest absolute Gasteiger partial charge is 0.507 e. The van der Waals surface area contributed by atoms with Crippen molar-refractivity contribution < 1.29 is 19.4 Å². The molecule has 9 nitrogen and oxygen atoms in total. The number of likely N-dealkylation sites (N-methyl/N-ethyl adjacent to an activating group) is 1. The Morgan fingerprint density at radius 3 is 2.88 bits per heavy atom. The van der Waals surface area contributed by atoms with Gasteiger partial charge in [0.15, 0.2) is 0 Å². The lowest BCUT2D eigenvalue weighted by Gasteiger charge is -2.17. The molecule has 1 aromatic heterocycles. The average molecular weight is 450 g/mol. The molecule has 5 rings (SSSR count). The smallest absolute Gasteiger partial charge is 0.258 e. The van der Waals surface area contributed by atoms with Gasteiger partial charge in [-0.15, -0.1) is 0 Å². The fourth-order valence-corrected chi connectivity index (χ4v) is 4.50. The van der Waals surface area contributed by atoms with Crippen molar-refractivity contribution in [2.45, 2.75) is 32.5 Å². The summed E-state index contributed by atoms with van der Waals surface area (Å²) < 4.78 is 5.74. The number of hydrogen-bond acceptors (Lipinski definition) is 6. The molecule has 0 unspecified atom stereocenters. The molecule has 2 aliphatic rings. The van der Waals surface area contributed by atoms with Crippen molar-refractivity contribution in [3.05, 3.63) is 52.7 Å². The number of aromatic hydroxyl groups is 1. The first-order chi connectivity index (χ1) is 16.0. The summed E-state index contributed by atoms with van der Waals surface area (Å²) in [6.07, 6.45) is 1.41. The molecule has 0 atom stereocenters. The van der Waals surface area contributed by atoms with Gasteiger partial charge in [-0.2, -0.15) is 5.10 Å². The van der Waals surface area contributed by atoms with Gasteiger partial charge < -0.3 is 25.0 Å². The number of nitrogens with one attached hydrogen (secondary N) is 2. The van der Waals surface area contributed by atoms with Crippen LogP contribution in [0.2, 0.25) is 0 Å². The highest BCUT2D eigenvalue weighted by Crippen LogP contribution is 2.32. The van der Waals surface area contributed by atoms with Crippen LogP contribution in [0.3, 0.4) is 0 Å². The summed E-state index contributed by atoms with van der Waals surface area (Å²) in [6, 6.07) is 9.09. The van der Waals surface area contributed by atoms with Crippen LogP contribution >= 0.6 is 0 Å². The van der Waals surface area contributed by atoms with E-state index in [1.165, 1.54) is 6.07 Å². The van der Waals surface area contributed by atoms with Gasteiger partial charge in [0.05, 0.1) is 23.3 Å². The Balaban J connectivity index is 1.36. The minimum absolute atomic E-state index is 0.0907. The first kappa shape index (κ1) is 21.3. The van der Waals surface area contributed by atoms with E-state index in [9.17, 15) is 14.7 Å². The van der Waals surface area contributed by atoms with E-state index >= 15 is 0 Å². The van der Waals surface area contributed by atoms with Gasteiger partial charge in [0.25, 0.3) is 5.91 Å². The standard InChI is InChI=1S/C24H27N5O4/c1-25-6-8-33-17-5-4-15-12-29(13-16(15)9-17)24(32)19-10-18-20(11-22(19)30)26-27-21(18)14-28-7-2-3-23(28)31/h4-5,9-11,25,30H,2-3,6-8,12-14H2,1H3,(H,26,27). The molecule has 3 aromatic rings. The van der Waals surface area contributed by atoms with Crippen molar-refractivity contribution in [2.75, 3.05) is 26.7 Å². The average Bonchev–Trinajstić information content (AvgIpc) is 3.52. The number of H-pyrrole nitrogens is 1. The number of fused-ring (bicyclic) bond motifs is 2. The van der Waals surface area contributed by atoms with Crippen LogP contribution in [0, 0.1) is 0 Å². The predicted molar refractivity (Wildman–Crippen MR) is 122 cm³/mol. The van der Waals surface area contributed by atoms with Crippen molar-refractivity contribution in [1.82, 2.24) is 25.3 Å². The first-order valence-corrected chi connectivity index (χ1v) is 11.2. The van der Waals surface area contributed by atoms with Crippen LogP contribution in [0.25, 0.3) is 10.9 Å². The number of carbonyl (C=O) groups excluding carboxylic acids is 2. The van der Waals surface area contributed by atoms with Gasteiger partial charge >= 0.3 is 0 Å². The summed E-state index contributed by atoms with van der Waals surface area (Å²) in [5.41, 5.74) is 3.68. The molecule has 0 radical (unpaired) electrons. The van der Waals surface area contributed by atoms with Gasteiger partial charge in [-0.25, -0.2) is 0 Å². The fraction of sp³-hybridized carbons (Fsp3) is 0.375. The second kappa shape index (κ2) is 8.74. The summed E-state index contributed by atoms with van der Waals surface area (Å²) in [5.74, 6) is 0.562. The van der Waals surface area contributed by atoms with Crippen molar-refractivity contribution in [1.29, 1.82) is 0 Å². The number of hydrogen-bond donors (Lipinski definition) is 3. The SMILES string of the molecule is CNCCOc1ccc2c(c1)CN(C(=O)c1cc3c(CN4CCCC4=O)n[nH]c3cc1O)C2. The number of benzene rings is 2. The summed E-state index contributed by atoms with van der Waals surface area (Å²) in [7, 11) is 1.88. The van der Waals surface area contributed by atoms with Crippen molar-refractivity contribution in [2.24, 2.45) is 0 Å². The Labute approximate surface area is 191 Å². The Morgan fingerprint density at radius 2 is 2.09 bits per heavy atom. The maximum absolute atomic E-state index is 13.3. The molecule has 1 fully saturated rings. The van der Waals surface area contributed by atoms with Gasteiger partial charge in [0.2, 0.25) is 5.91 Å². The van der Waals surface area contributed by atoms with Crippen LogP contribution in [0.4, 0.5) is 0 Å². The third-order valence-corrected chi connectivity index (χ3v) is 6.31. The number of phenolic OH excluding ortho intramolecular Hbond substituents is 1. The number of amides is 2. The number of phenols is 1. The van der Waals surface area contributed by atoms with Crippen LogP contribution in [0.15, 0.2) is 30.3 Å². The number of likely N-dealkylation sites (tertiary alicyclic amines) is 1. The number of aromatic amines is 1. The second-order valence-electron chi connectivity index (χ2n) is 8.55. The molecular formula is C24H27N5O4. The zero-order chi connectivity index (χ0) is 22.9. The zero-order valence-electron chi connectivity index (χ0n) is 18.6. The van der Waals surface area contributed by atoms with E-state index < -0.39 is 0 Å². The van der Waals surface area contributed by atoms with Crippen molar-refractivity contribution >= 4 is 22.7 Å². The highest BCUT2D eigenvalue weighted by atomic mass is 16.5. The Morgan fingerprint density at radius 1 is 1.24 bits per heavy atom. The molecule has 9 heteroatoms. The van der Waals surface area contributed by atoms with Gasteiger partial charge in [-0.1, -0.05) is 6.07 Å². The van der Waals surface area contributed by atoms with Gasteiger partial charge in [-0.05, 0) is 42.8 Å². The van der Waals surface area contributed by atoms with Crippen LogP contribution < -0.4 is 10.1 Å². The minimum Gasteiger partial charge on any atom is -0.507 e. The van der Waals surface area contributed by atoms with E-state index in [2.05, 4.69) is 15.5 Å². The first-order valence-electron chi connectivity index (χ1n) is 11.2. The second-order valence-corrected chi connectivity index (χ2v) is 8.55. The van der Waals surface area contributed by atoms with E-state index in [0.29, 0.717) is 50.4 Å². The number of rotatable bonds is 7. The summed E-state index contributed by atoms with van der Waals surface area (Å²) >= 11 is 0. The number of nitrogens with zero attached hydrogens (tertiary/aromatic N) is 3.